The Bertz CT molecular complexity index is 1550. The van der Waals surface area contributed by atoms with Crippen molar-refractivity contribution in [1.29, 1.82) is 0 Å². The number of hydrogen-bond acceptors (Lipinski definition) is 7. The molecule has 0 radical (unpaired) electrons. The van der Waals surface area contributed by atoms with Gasteiger partial charge in [0.05, 0.1) is 10.7 Å². The predicted octanol–water partition coefficient (Wildman–Crippen LogP) is 6.69. The largest absolute Gasteiger partial charge is 0.493 e. The lowest BCUT2D eigenvalue weighted by atomic mass is 9.64. The van der Waals surface area contributed by atoms with E-state index >= 15 is 0 Å². The van der Waals surface area contributed by atoms with Gasteiger partial charge in [0.15, 0.2) is 23.1 Å². The van der Waals surface area contributed by atoms with Gasteiger partial charge in [-0.1, -0.05) is 39.3 Å². The van der Waals surface area contributed by atoms with Crippen LogP contribution in [0.4, 0.5) is 0 Å². The third-order valence-electron chi connectivity index (χ3n) is 7.60. The Hall–Kier alpha value is -2.37. The van der Waals surface area contributed by atoms with Crippen LogP contribution in [0.25, 0.3) is 0 Å². The predicted molar refractivity (Wildman–Crippen MR) is 161 cm³/mol. The number of nitrogens with one attached hydrogen (secondary N) is 1. The number of Topliss-reactive ketones (excluding diaryl/α,β-unsaturated/α-hetero) is 2. The van der Waals surface area contributed by atoms with E-state index in [4.69, 9.17) is 20.5 Å². The highest BCUT2D eigenvalue weighted by Gasteiger charge is 2.46. The van der Waals surface area contributed by atoms with E-state index in [0.29, 0.717) is 51.0 Å². The van der Waals surface area contributed by atoms with E-state index in [1.165, 1.54) is 31.4 Å². The number of halogens is 2. The highest BCUT2D eigenvalue weighted by molar-refractivity contribution is 14.1. The summed E-state index contributed by atoms with van der Waals surface area (Å²) in [4.78, 5) is 27.2. The molecule has 0 aromatic heterocycles. The molecule has 212 valence electrons. The van der Waals surface area contributed by atoms with Crippen molar-refractivity contribution in [3.63, 3.8) is 0 Å². The molecule has 0 spiro atoms. The second-order valence-electron chi connectivity index (χ2n) is 12.2. The second-order valence-corrected chi connectivity index (χ2v) is 15.4. The van der Waals surface area contributed by atoms with Gasteiger partial charge in [0.2, 0.25) is 0 Å². The normalized spacial score (nSPS) is 20.6. The number of ketones is 2. The highest BCUT2D eigenvalue weighted by Crippen LogP contribution is 2.52. The number of rotatable bonds is 5. The summed E-state index contributed by atoms with van der Waals surface area (Å²) in [6, 6.07) is 9.15. The molecule has 2 aromatic carbocycles. The van der Waals surface area contributed by atoms with Gasteiger partial charge in [0, 0.05) is 46.3 Å². The Morgan fingerprint density at radius 3 is 1.93 bits per heavy atom. The summed E-state index contributed by atoms with van der Waals surface area (Å²) in [5, 5.41) is 3.91. The molecule has 0 atom stereocenters. The summed E-state index contributed by atoms with van der Waals surface area (Å²) in [5.74, 6) is -0.344. The summed E-state index contributed by atoms with van der Waals surface area (Å²) in [6.07, 6.45) is 2.12. The molecule has 0 amide bonds. The zero-order chi connectivity index (χ0) is 29.2. The minimum atomic E-state index is -4.18. The van der Waals surface area contributed by atoms with E-state index in [1.54, 1.807) is 12.1 Å². The molecule has 1 aliphatic heterocycles. The van der Waals surface area contributed by atoms with Crippen LogP contribution in [0.5, 0.6) is 11.5 Å². The third-order valence-corrected chi connectivity index (χ3v) is 9.89. The number of benzene rings is 2. The van der Waals surface area contributed by atoms with Gasteiger partial charge in [-0.15, -0.1) is 0 Å². The molecule has 2 aromatic rings. The third kappa shape index (κ3) is 5.44. The summed E-state index contributed by atoms with van der Waals surface area (Å²) < 4.78 is 37.8. The molecule has 0 bridgehead atoms. The Kier molecular flexibility index (Phi) is 7.40. The van der Waals surface area contributed by atoms with Crippen LogP contribution in [-0.2, 0) is 19.7 Å². The molecule has 0 saturated heterocycles. The zero-order valence-electron chi connectivity index (χ0n) is 23.0. The Labute approximate surface area is 253 Å². The molecule has 2 aliphatic carbocycles. The molecule has 0 saturated carbocycles. The van der Waals surface area contributed by atoms with Crippen LogP contribution in [0.15, 0.2) is 63.8 Å². The Morgan fingerprint density at radius 1 is 0.900 bits per heavy atom. The number of methoxy groups -OCH3 is 1. The topological polar surface area (TPSA) is 98.8 Å². The number of carbonyl (C=O) groups excluding carboxylic acids is 2. The molecule has 7 nitrogen and oxygen atoms in total. The molecule has 0 fully saturated rings. The van der Waals surface area contributed by atoms with Crippen molar-refractivity contribution in [3.8, 4) is 11.5 Å². The number of carbonyl (C=O) groups is 2. The van der Waals surface area contributed by atoms with E-state index in [1.807, 2.05) is 22.6 Å². The average Bonchev–Trinajstić information content (AvgIpc) is 2.82. The van der Waals surface area contributed by atoms with Crippen LogP contribution in [0.1, 0.15) is 64.9 Å². The van der Waals surface area contributed by atoms with Crippen LogP contribution in [-0.4, -0.2) is 27.1 Å². The van der Waals surface area contributed by atoms with Crippen molar-refractivity contribution in [1.82, 2.24) is 5.32 Å². The molecule has 3 aliphatic rings. The standard InChI is InChI=1S/C30H31ClINO6S/c1-29(2)12-20-26(22(34)14-29)25(27-21(33-20)13-30(3,4)15-23(27)35)16-10-19(32)28(24(11-16)38-5)39-40(36,37)18-8-6-17(31)7-9-18/h6-11,25,33H,12-15H2,1-5H3. The van der Waals surface area contributed by atoms with Gasteiger partial charge >= 0.3 is 10.1 Å². The lowest BCUT2D eigenvalue weighted by molar-refractivity contribution is -0.119. The van der Waals surface area contributed by atoms with Crippen LogP contribution < -0.4 is 14.2 Å². The number of ether oxygens (including phenoxy) is 1. The summed E-state index contributed by atoms with van der Waals surface area (Å²) >= 11 is 7.92. The number of hydrogen-bond donors (Lipinski definition) is 1. The lowest BCUT2D eigenvalue weighted by Gasteiger charge is -2.44. The maximum absolute atomic E-state index is 13.6. The minimum Gasteiger partial charge on any atom is -0.493 e. The fraction of sp³-hybridized carbons (Fsp3) is 0.400. The van der Waals surface area contributed by atoms with Crippen LogP contribution in [0.3, 0.4) is 0 Å². The van der Waals surface area contributed by atoms with Crippen molar-refractivity contribution in [2.24, 2.45) is 10.8 Å². The first-order valence-electron chi connectivity index (χ1n) is 13.0. The van der Waals surface area contributed by atoms with E-state index in [9.17, 15) is 18.0 Å². The number of allylic oxidation sites excluding steroid dienone is 4. The summed E-state index contributed by atoms with van der Waals surface area (Å²) in [7, 11) is -2.76. The SMILES string of the molecule is COc1cc(C2C3=C(CC(C)(C)CC3=O)NC3=C2C(=O)CC(C)(C)C3)cc(I)c1OS(=O)(=O)c1ccc(Cl)cc1. The maximum atomic E-state index is 13.6. The first kappa shape index (κ1) is 29.1. The quantitative estimate of drug-likeness (QED) is 0.275. The highest BCUT2D eigenvalue weighted by atomic mass is 127. The molecule has 1 heterocycles. The molecular formula is C30H31ClINO6S. The summed E-state index contributed by atoms with van der Waals surface area (Å²) in [6.45, 7) is 8.30. The zero-order valence-corrected chi connectivity index (χ0v) is 26.7. The Morgan fingerprint density at radius 2 is 1.43 bits per heavy atom. The van der Waals surface area contributed by atoms with E-state index in [-0.39, 0.29) is 38.8 Å². The van der Waals surface area contributed by atoms with Crippen molar-refractivity contribution >= 4 is 55.9 Å². The van der Waals surface area contributed by atoms with Gasteiger partial charge in [-0.3, -0.25) is 9.59 Å². The maximum Gasteiger partial charge on any atom is 0.339 e. The van der Waals surface area contributed by atoms with Crippen LogP contribution in [0.2, 0.25) is 5.02 Å². The molecular weight excluding hydrogens is 665 g/mol. The summed E-state index contributed by atoms with van der Waals surface area (Å²) in [5.41, 5.74) is 3.18. The first-order chi connectivity index (χ1) is 18.6. The first-order valence-corrected chi connectivity index (χ1v) is 15.8. The molecule has 40 heavy (non-hydrogen) atoms. The smallest absolute Gasteiger partial charge is 0.339 e. The van der Waals surface area contributed by atoms with E-state index in [0.717, 1.165) is 11.4 Å². The molecule has 0 unspecified atom stereocenters. The van der Waals surface area contributed by atoms with Crippen molar-refractivity contribution in [2.75, 3.05) is 7.11 Å². The van der Waals surface area contributed by atoms with Gasteiger partial charge in [-0.2, -0.15) is 8.42 Å². The fourth-order valence-corrected chi connectivity index (χ4v) is 7.94. The molecule has 1 N–H and O–H groups in total. The monoisotopic (exact) mass is 695 g/mol. The van der Waals surface area contributed by atoms with E-state index in [2.05, 4.69) is 33.0 Å². The van der Waals surface area contributed by atoms with Crippen LogP contribution >= 0.6 is 34.2 Å². The van der Waals surface area contributed by atoms with Crippen molar-refractivity contribution in [3.05, 3.63) is 73.1 Å². The van der Waals surface area contributed by atoms with Gasteiger partial charge in [-0.05, 0) is 88.2 Å². The lowest BCUT2D eigenvalue weighted by Crippen LogP contribution is -2.42. The van der Waals surface area contributed by atoms with Crippen molar-refractivity contribution in [2.45, 2.75) is 64.2 Å². The minimum absolute atomic E-state index is 0.00699. The van der Waals surface area contributed by atoms with Gasteiger partial charge < -0.3 is 14.2 Å². The average molecular weight is 696 g/mol. The van der Waals surface area contributed by atoms with Gasteiger partial charge in [0.25, 0.3) is 0 Å². The number of dihydropyridines is 1. The molecule has 10 heteroatoms. The van der Waals surface area contributed by atoms with Gasteiger partial charge in [-0.25, -0.2) is 0 Å². The Balaban J connectivity index is 1.64. The second kappa shape index (κ2) is 10.2. The fourth-order valence-electron chi connectivity index (χ4n) is 5.97. The van der Waals surface area contributed by atoms with Gasteiger partial charge in [0.1, 0.15) is 4.90 Å². The molecule has 5 rings (SSSR count). The van der Waals surface area contributed by atoms with Crippen molar-refractivity contribution < 1.29 is 26.9 Å². The van der Waals surface area contributed by atoms with E-state index < -0.39 is 16.0 Å². The van der Waals surface area contributed by atoms with Crippen LogP contribution in [0, 0.1) is 14.4 Å².